The SMILES string of the molecule is O=C(Nc1cc(Cl)cc(Cl)c1)c1c[nH]c(=O)cn1. The van der Waals surface area contributed by atoms with E-state index in [4.69, 9.17) is 23.2 Å². The van der Waals surface area contributed by atoms with Crippen molar-refractivity contribution in [2.75, 3.05) is 5.32 Å². The van der Waals surface area contributed by atoms with Gasteiger partial charge in [-0.2, -0.15) is 0 Å². The van der Waals surface area contributed by atoms with E-state index < -0.39 is 5.91 Å². The molecular formula is C11H7Cl2N3O2. The topological polar surface area (TPSA) is 74.8 Å². The van der Waals surface area contributed by atoms with Crippen LogP contribution in [0, 0.1) is 0 Å². The molecule has 2 aromatic rings. The van der Waals surface area contributed by atoms with Crippen molar-refractivity contribution >= 4 is 34.8 Å². The zero-order valence-electron chi connectivity index (χ0n) is 8.91. The highest BCUT2D eigenvalue weighted by molar-refractivity contribution is 6.35. The van der Waals surface area contributed by atoms with Crippen LogP contribution in [-0.2, 0) is 0 Å². The van der Waals surface area contributed by atoms with Crippen molar-refractivity contribution in [3.63, 3.8) is 0 Å². The Morgan fingerprint density at radius 2 is 1.89 bits per heavy atom. The normalized spacial score (nSPS) is 10.1. The van der Waals surface area contributed by atoms with Crippen LogP contribution in [0.2, 0.25) is 10.0 Å². The first-order valence-electron chi connectivity index (χ1n) is 4.87. The van der Waals surface area contributed by atoms with E-state index in [2.05, 4.69) is 15.3 Å². The van der Waals surface area contributed by atoms with Crippen LogP contribution in [0.25, 0.3) is 0 Å². The third-order valence-electron chi connectivity index (χ3n) is 2.03. The van der Waals surface area contributed by atoms with Gasteiger partial charge in [-0.15, -0.1) is 0 Å². The Morgan fingerprint density at radius 1 is 1.22 bits per heavy atom. The highest BCUT2D eigenvalue weighted by Gasteiger charge is 2.08. The molecular weight excluding hydrogens is 277 g/mol. The van der Waals surface area contributed by atoms with Gasteiger partial charge in [0.05, 0.1) is 6.20 Å². The molecule has 92 valence electrons. The summed E-state index contributed by atoms with van der Waals surface area (Å²) in [7, 11) is 0. The van der Waals surface area contributed by atoms with Crippen LogP contribution in [0.5, 0.6) is 0 Å². The number of hydrogen-bond acceptors (Lipinski definition) is 3. The Bertz CT molecular complexity index is 614. The van der Waals surface area contributed by atoms with Crippen molar-refractivity contribution in [3.8, 4) is 0 Å². The predicted molar refractivity (Wildman–Crippen MR) is 69.3 cm³/mol. The first-order chi connectivity index (χ1) is 8.54. The van der Waals surface area contributed by atoms with E-state index in [0.29, 0.717) is 15.7 Å². The zero-order valence-corrected chi connectivity index (χ0v) is 10.4. The van der Waals surface area contributed by atoms with Gasteiger partial charge in [-0.3, -0.25) is 9.59 Å². The number of aromatic amines is 1. The van der Waals surface area contributed by atoms with Crippen molar-refractivity contribution in [1.82, 2.24) is 9.97 Å². The molecule has 0 fully saturated rings. The number of rotatable bonds is 2. The van der Waals surface area contributed by atoms with E-state index in [1.165, 1.54) is 6.20 Å². The lowest BCUT2D eigenvalue weighted by molar-refractivity contribution is 0.102. The van der Waals surface area contributed by atoms with E-state index in [0.717, 1.165) is 6.20 Å². The van der Waals surface area contributed by atoms with Crippen LogP contribution >= 0.6 is 23.2 Å². The van der Waals surface area contributed by atoms with Crippen LogP contribution < -0.4 is 10.9 Å². The fourth-order valence-corrected chi connectivity index (χ4v) is 1.81. The minimum absolute atomic E-state index is 0.0886. The Morgan fingerprint density at radius 3 is 2.44 bits per heavy atom. The van der Waals surface area contributed by atoms with E-state index in [1.54, 1.807) is 18.2 Å². The molecule has 5 nitrogen and oxygen atoms in total. The zero-order chi connectivity index (χ0) is 13.1. The van der Waals surface area contributed by atoms with Gasteiger partial charge in [0.15, 0.2) is 0 Å². The van der Waals surface area contributed by atoms with Gasteiger partial charge in [-0.1, -0.05) is 23.2 Å². The van der Waals surface area contributed by atoms with Gasteiger partial charge in [-0.25, -0.2) is 4.98 Å². The van der Waals surface area contributed by atoms with Crippen LogP contribution in [-0.4, -0.2) is 15.9 Å². The van der Waals surface area contributed by atoms with Crippen LogP contribution in [0.15, 0.2) is 35.4 Å². The summed E-state index contributed by atoms with van der Waals surface area (Å²) in [4.78, 5) is 28.6. The van der Waals surface area contributed by atoms with E-state index in [9.17, 15) is 9.59 Å². The van der Waals surface area contributed by atoms with Gasteiger partial charge in [0, 0.05) is 21.9 Å². The van der Waals surface area contributed by atoms with Gasteiger partial charge < -0.3 is 10.3 Å². The fourth-order valence-electron chi connectivity index (χ4n) is 1.29. The highest BCUT2D eigenvalue weighted by atomic mass is 35.5. The van der Waals surface area contributed by atoms with Gasteiger partial charge in [0.1, 0.15) is 5.69 Å². The summed E-state index contributed by atoms with van der Waals surface area (Å²) in [5, 5.41) is 3.39. The van der Waals surface area contributed by atoms with Crippen LogP contribution in [0.4, 0.5) is 5.69 Å². The minimum Gasteiger partial charge on any atom is -0.325 e. The number of nitrogens with zero attached hydrogens (tertiary/aromatic N) is 1. The van der Waals surface area contributed by atoms with Crippen LogP contribution in [0.1, 0.15) is 10.5 Å². The summed E-state index contributed by atoms with van der Waals surface area (Å²) in [6, 6.07) is 4.66. The molecule has 1 aromatic heterocycles. The average molecular weight is 284 g/mol. The number of amides is 1. The molecule has 2 N–H and O–H groups in total. The Kier molecular flexibility index (Phi) is 3.64. The molecule has 0 aliphatic heterocycles. The molecule has 0 saturated heterocycles. The number of anilines is 1. The van der Waals surface area contributed by atoms with Crippen molar-refractivity contribution in [2.24, 2.45) is 0 Å². The van der Waals surface area contributed by atoms with Gasteiger partial charge in [-0.05, 0) is 18.2 Å². The van der Waals surface area contributed by atoms with Gasteiger partial charge >= 0.3 is 0 Å². The lowest BCUT2D eigenvalue weighted by atomic mass is 10.3. The number of carbonyl (C=O) groups excluding carboxylic acids is 1. The number of carbonyl (C=O) groups is 1. The second-order valence-corrected chi connectivity index (χ2v) is 4.28. The standard InChI is InChI=1S/C11H7Cl2N3O2/c12-6-1-7(13)3-8(2-6)16-11(18)9-4-15-10(17)5-14-9/h1-5H,(H,15,17)(H,16,18). The number of halogens is 2. The van der Waals surface area contributed by atoms with Crippen molar-refractivity contribution in [2.45, 2.75) is 0 Å². The first kappa shape index (κ1) is 12.6. The minimum atomic E-state index is -0.468. The number of aromatic nitrogens is 2. The Labute approximate surface area is 112 Å². The number of nitrogens with one attached hydrogen (secondary N) is 2. The summed E-state index contributed by atoms with van der Waals surface area (Å²) >= 11 is 11.6. The van der Waals surface area contributed by atoms with Crippen molar-refractivity contribution in [3.05, 3.63) is 56.7 Å². The molecule has 7 heteroatoms. The van der Waals surface area contributed by atoms with Gasteiger partial charge in [0.2, 0.25) is 0 Å². The molecule has 0 unspecified atom stereocenters. The Hall–Kier alpha value is -1.85. The number of hydrogen-bond donors (Lipinski definition) is 2. The second-order valence-electron chi connectivity index (χ2n) is 3.41. The molecule has 0 atom stereocenters. The fraction of sp³-hybridized carbons (Fsp3) is 0. The first-order valence-corrected chi connectivity index (χ1v) is 5.62. The molecule has 0 radical (unpaired) electrons. The van der Waals surface area contributed by atoms with E-state index in [1.807, 2.05) is 0 Å². The Balaban J connectivity index is 2.21. The maximum absolute atomic E-state index is 11.8. The maximum atomic E-state index is 11.8. The summed E-state index contributed by atoms with van der Waals surface area (Å²) in [6.07, 6.45) is 2.25. The second kappa shape index (κ2) is 5.20. The van der Waals surface area contributed by atoms with Crippen molar-refractivity contribution < 1.29 is 4.79 Å². The molecule has 0 bridgehead atoms. The molecule has 0 aliphatic carbocycles. The quantitative estimate of drug-likeness (QED) is 0.888. The van der Waals surface area contributed by atoms with Crippen molar-refractivity contribution in [1.29, 1.82) is 0 Å². The largest absolute Gasteiger partial charge is 0.325 e. The molecule has 1 heterocycles. The third kappa shape index (κ3) is 3.09. The molecule has 0 aliphatic rings. The monoisotopic (exact) mass is 283 g/mol. The molecule has 0 spiro atoms. The summed E-state index contributed by atoms with van der Waals surface area (Å²) in [6.45, 7) is 0. The summed E-state index contributed by atoms with van der Waals surface area (Å²) in [5.41, 5.74) is 0.161. The smallest absolute Gasteiger partial charge is 0.275 e. The highest BCUT2D eigenvalue weighted by Crippen LogP contribution is 2.22. The lowest BCUT2D eigenvalue weighted by Gasteiger charge is -2.05. The lowest BCUT2D eigenvalue weighted by Crippen LogP contribution is -2.16. The van der Waals surface area contributed by atoms with Gasteiger partial charge in [0.25, 0.3) is 11.5 Å². The van der Waals surface area contributed by atoms with Crippen LogP contribution in [0.3, 0.4) is 0 Å². The molecule has 1 amide bonds. The summed E-state index contributed by atoms with van der Waals surface area (Å²) in [5.74, 6) is -0.468. The number of H-pyrrole nitrogens is 1. The molecule has 18 heavy (non-hydrogen) atoms. The third-order valence-corrected chi connectivity index (χ3v) is 2.46. The molecule has 2 rings (SSSR count). The number of benzene rings is 1. The maximum Gasteiger partial charge on any atom is 0.275 e. The molecule has 1 aromatic carbocycles. The van der Waals surface area contributed by atoms with E-state index >= 15 is 0 Å². The predicted octanol–water partition coefficient (Wildman–Crippen LogP) is 2.33. The van der Waals surface area contributed by atoms with E-state index in [-0.39, 0.29) is 11.3 Å². The summed E-state index contributed by atoms with van der Waals surface area (Å²) < 4.78 is 0. The average Bonchev–Trinajstić information content (AvgIpc) is 2.28. The molecule has 0 saturated carbocycles.